The summed E-state index contributed by atoms with van der Waals surface area (Å²) < 4.78 is 0.571. The molecule has 2 nitrogen and oxygen atoms in total. The van der Waals surface area contributed by atoms with Gasteiger partial charge in [0, 0.05) is 28.0 Å². The Morgan fingerprint density at radius 1 is 1.14 bits per heavy atom. The SMILES string of the molecule is Cc1cc(C(C)(C)C)c(Cl)cc1-c1cc(=O)c(Br)c(C)[nH]1. The molecule has 0 aliphatic rings. The number of aromatic amines is 1. The van der Waals surface area contributed by atoms with Crippen molar-refractivity contribution in [2.75, 3.05) is 0 Å². The maximum Gasteiger partial charge on any atom is 0.196 e. The van der Waals surface area contributed by atoms with E-state index in [2.05, 4.69) is 47.8 Å². The van der Waals surface area contributed by atoms with Crippen LogP contribution < -0.4 is 5.43 Å². The number of hydrogen-bond donors (Lipinski definition) is 1. The molecule has 0 saturated heterocycles. The number of rotatable bonds is 1. The van der Waals surface area contributed by atoms with Crippen molar-refractivity contribution in [1.82, 2.24) is 4.98 Å². The Morgan fingerprint density at radius 3 is 2.29 bits per heavy atom. The van der Waals surface area contributed by atoms with E-state index in [0.717, 1.165) is 33.1 Å². The third kappa shape index (κ3) is 3.24. The average molecular weight is 369 g/mol. The van der Waals surface area contributed by atoms with E-state index in [4.69, 9.17) is 11.6 Å². The van der Waals surface area contributed by atoms with E-state index in [0.29, 0.717) is 4.47 Å². The van der Waals surface area contributed by atoms with Crippen LogP contribution in [0, 0.1) is 13.8 Å². The summed E-state index contributed by atoms with van der Waals surface area (Å²) in [5.41, 5.74) is 4.73. The lowest BCUT2D eigenvalue weighted by atomic mass is 9.85. The second kappa shape index (κ2) is 5.62. The second-order valence-corrected chi connectivity index (χ2v) is 7.58. The van der Waals surface area contributed by atoms with Gasteiger partial charge in [-0.05, 0) is 52.4 Å². The summed E-state index contributed by atoms with van der Waals surface area (Å²) in [5.74, 6) is 0. The topological polar surface area (TPSA) is 32.9 Å². The third-order valence-corrected chi connectivity index (χ3v) is 4.85. The van der Waals surface area contributed by atoms with Crippen LogP contribution in [-0.2, 0) is 5.41 Å². The van der Waals surface area contributed by atoms with Gasteiger partial charge in [-0.1, -0.05) is 38.4 Å². The molecule has 1 N–H and O–H groups in total. The van der Waals surface area contributed by atoms with Crippen molar-refractivity contribution in [3.8, 4) is 11.3 Å². The fourth-order valence-corrected chi connectivity index (χ4v) is 3.02. The summed E-state index contributed by atoms with van der Waals surface area (Å²) in [4.78, 5) is 15.2. The normalized spacial score (nSPS) is 11.8. The molecule has 2 aromatic rings. The monoisotopic (exact) mass is 367 g/mol. The number of hydrogen-bond acceptors (Lipinski definition) is 1. The van der Waals surface area contributed by atoms with E-state index in [1.54, 1.807) is 6.07 Å². The molecule has 0 spiro atoms. The Kier molecular flexibility index (Phi) is 4.36. The van der Waals surface area contributed by atoms with Gasteiger partial charge in [0.05, 0.1) is 4.47 Å². The van der Waals surface area contributed by atoms with Gasteiger partial charge in [0.15, 0.2) is 5.43 Å². The van der Waals surface area contributed by atoms with Crippen LogP contribution in [0.1, 0.15) is 37.6 Å². The lowest BCUT2D eigenvalue weighted by molar-refractivity contribution is 0.590. The summed E-state index contributed by atoms with van der Waals surface area (Å²) in [5, 5.41) is 0.726. The highest BCUT2D eigenvalue weighted by Gasteiger charge is 2.19. The molecular formula is C17H19BrClNO. The summed E-state index contributed by atoms with van der Waals surface area (Å²) in [6.07, 6.45) is 0. The molecule has 2 rings (SSSR count). The predicted octanol–water partition coefficient (Wildman–Crippen LogP) is 5.37. The Bertz CT molecular complexity index is 757. The van der Waals surface area contributed by atoms with Gasteiger partial charge in [-0.15, -0.1) is 0 Å². The molecule has 112 valence electrons. The molecular weight excluding hydrogens is 350 g/mol. The van der Waals surface area contributed by atoms with Crippen molar-refractivity contribution in [3.05, 3.63) is 54.7 Å². The van der Waals surface area contributed by atoms with E-state index in [1.807, 2.05) is 19.9 Å². The van der Waals surface area contributed by atoms with Crippen LogP contribution in [0.25, 0.3) is 11.3 Å². The summed E-state index contributed by atoms with van der Waals surface area (Å²) in [6, 6.07) is 5.65. The molecule has 0 saturated carbocycles. The van der Waals surface area contributed by atoms with Crippen LogP contribution in [0.5, 0.6) is 0 Å². The van der Waals surface area contributed by atoms with Crippen molar-refractivity contribution < 1.29 is 0 Å². The Morgan fingerprint density at radius 2 is 1.76 bits per heavy atom. The standard InChI is InChI=1S/C17H19BrClNO/c1-9-6-12(17(3,4)5)13(19)7-11(9)14-8-15(21)16(18)10(2)20-14/h6-8H,1-5H3,(H,20,21). The number of benzene rings is 1. The maximum atomic E-state index is 12.0. The molecule has 0 fully saturated rings. The van der Waals surface area contributed by atoms with Gasteiger partial charge in [0.1, 0.15) is 0 Å². The van der Waals surface area contributed by atoms with E-state index >= 15 is 0 Å². The number of halogens is 2. The lowest BCUT2D eigenvalue weighted by Crippen LogP contribution is -2.12. The molecule has 0 unspecified atom stereocenters. The van der Waals surface area contributed by atoms with Crippen molar-refractivity contribution >= 4 is 27.5 Å². The number of pyridine rings is 1. The van der Waals surface area contributed by atoms with Crippen LogP contribution >= 0.6 is 27.5 Å². The number of aromatic nitrogens is 1. The molecule has 0 bridgehead atoms. The molecule has 0 radical (unpaired) electrons. The van der Waals surface area contributed by atoms with Gasteiger partial charge in [0.25, 0.3) is 0 Å². The second-order valence-electron chi connectivity index (χ2n) is 6.38. The van der Waals surface area contributed by atoms with Crippen molar-refractivity contribution in [1.29, 1.82) is 0 Å². The molecule has 0 atom stereocenters. The quantitative estimate of drug-likeness (QED) is 0.721. The highest BCUT2D eigenvalue weighted by Crippen LogP contribution is 2.34. The number of nitrogens with one attached hydrogen (secondary N) is 1. The van der Waals surface area contributed by atoms with Gasteiger partial charge in [-0.2, -0.15) is 0 Å². The van der Waals surface area contributed by atoms with Gasteiger partial charge >= 0.3 is 0 Å². The van der Waals surface area contributed by atoms with Crippen LogP contribution in [0.15, 0.2) is 27.5 Å². The zero-order valence-corrected chi connectivity index (χ0v) is 15.2. The minimum absolute atomic E-state index is 0.0105. The van der Waals surface area contributed by atoms with Crippen LogP contribution in [0.4, 0.5) is 0 Å². The van der Waals surface area contributed by atoms with Gasteiger partial charge in [-0.25, -0.2) is 0 Å². The van der Waals surface area contributed by atoms with Crippen LogP contribution in [0.2, 0.25) is 5.02 Å². The minimum atomic E-state index is -0.0309. The summed E-state index contributed by atoms with van der Waals surface area (Å²) in [6.45, 7) is 10.3. The highest BCUT2D eigenvalue weighted by atomic mass is 79.9. The maximum absolute atomic E-state index is 12.0. The lowest BCUT2D eigenvalue weighted by Gasteiger charge is -2.22. The van der Waals surface area contributed by atoms with E-state index in [1.165, 1.54) is 0 Å². The smallest absolute Gasteiger partial charge is 0.196 e. The van der Waals surface area contributed by atoms with Crippen LogP contribution in [-0.4, -0.2) is 4.98 Å². The Labute approximate surface area is 138 Å². The molecule has 0 aliphatic heterocycles. The average Bonchev–Trinajstić information content (AvgIpc) is 2.36. The molecule has 1 aromatic carbocycles. The molecule has 1 heterocycles. The van der Waals surface area contributed by atoms with Crippen molar-refractivity contribution in [2.45, 2.75) is 40.0 Å². The fraction of sp³-hybridized carbons (Fsp3) is 0.353. The largest absolute Gasteiger partial charge is 0.357 e. The van der Waals surface area contributed by atoms with Gasteiger partial charge in [-0.3, -0.25) is 4.79 Å². The first kappa shape index (κ1) is 16.3. The molecule has 0 aliphatic carbocycles. The number of H-pyrrole nitrogens is 1. The van der Waals surface area contributed by atoms with Gasteiger partial charge in [0.2, 0.25) is 0 Å². The van der Waals surface area contributed by atoms with Crippen LogP contribution in [0.3, 0.4) is 0 Å². The number of aryl methyl sites for hydroxylation is 2. The summed E-state index contributed by atoms with van der Waals surface area (Å²) in [7, 11) is 0. The Balaban J connectivity index is 2.67. The minimum Gasteiger partial charge on any atom is -0.357 e. The zero-order valence-electron chi connectivity index (χ0n) is 12.9. The first-order valence-corrected chi connectivity index (χ1v) is 7.99. The van der Waals surface area contributed by atoms with Crippen molar-refractivity contribution in [3.63, 3.8) is 0 Å². The Hall–Kier alpha value is -1.06. The fourth-order valence-electron chi connectivity index (χ4n) is 2.36. The summed E-state index contributed by atoms with van der Waals surface area (Å²) >= 11 is 9.73. The van der Waals surface area contributed by atoms with E-state index < -0.39 is 0 Å². The highest BCUT2D eigenvalue weighted by molar-refractivity contribution is 9.10. The first-order chi connectivity index (χ1) is 9.61. The zero-order chi connectivity index (χ0) is 15.9. The first-order valence-electron chi connectivity index (χ1n) is 6.81. The van der Waals surface area contributed by atoms with E-state index in [9.17, 15) is 4.79 Å². The molecule has 21 heavy (non-hydrogen) atoms. The predicted molar refractivity (Wildman–Crippen MR) is 93.4 cm³/mol. The van der Waals surface area contributed by atoms with E-state index in [-0.39, 0.29) is 10.8 Å². The third-order valence-electron chi connectivity index (χ3n) is 3.56. The molecule has 4 heteroatoms. The molecule has 1 aromatic heterocycles. The van der Waals surface area contributed by atoms with Crippen molar-refractivity contribution in [2.24, 2.45) is 0 Å². The van der Waals surface area contributed by atoms with Gasteiger partial charge < -0.3 is 4.98 Å². The molecule has 0 amide bonds.